The minimum Gasteiger partial charge on any atom is -0.482 e. The third-order valence-corrected chi connectivity index (χ3v) is 5.03. The normalized spacial score (nSPS) is 13.0. The Balaban J connectivity index is 1.29. The molecule has 2 heterocycles. The van der Waals surface area contributed by atoms with Crippen molar-refractivity contribution in [2.45, 2.75) is 19.4 Å². The monoisotopic (exact) mass is 423 g/mol. The fourth-order valence-corrected chi connectivity index (χ4v) is 3.49. The van der Waals surface area contributed by atoms with Gasteiger partial charge in [-0.2, -0.15) is 0 Å². The van der Waals surface area contributed by atoms with Crippen LogP contribution < -0.4 is 20.9 Å². The molecule has 160 valence electrons. The van der Waals surface area contributed by atoms with Gasteiger partial charge in [0.05, 0.1) is 29.6 Å². The maximum absolute atomic E-state index is 12.5. The Hall–Kier alpha value is -3.88. The van der Waals surface area contributed by atoms with E-state index in [1.807, 2.05) is 6.07 Å². The summed E-state index contributed by atoms with van der Waals surface area (Å²) in [5.41, 5.74) is 0.232. The number of rotatable bonds is 7. The smallest absolute Gasteiger partial charge is 0.328 e. The highest BCUT2D eigenvalue weighted by molar-refractivity contribution is 5.98. The van der Waals surface area contributed by atoms with Crippen molar-refractivity contribution in [3.05, 3.63) is 69.4 Å². The second kappa shape index (κ2) is 8.86. The first-order valence-electron chi connectivity index (χ1n) is 9.94. The molecule has 1 aromatic heterocycles. The SMILES string of the molecule is O=C(CCN1C(=O)COc2ccccc21)OCCCn1c(=O)[nH]c2ccccc2c1=O. The number of anilines is 1. The number of carbonyl (C=O) groups is 2. The predicted octanol–water partition coefficient (Wildman–Crippen LogP) is 1.44. The van der Waals surface area contributed by atoms with Gasteiger partial charge in [0.25, 0.3) is 11.5 Å². The van der Waals surface area contributed by atoms with Gasteiger partial charge in [0.15, 0.2) is 6.61 Å². The van der Waals surface area contributed by atoms with Gasteiger partial charge in [-0.15, -0.1) is 0 Å². The number of carbonyl (C=O) groups excluding carboxylic acids is 2. The molecule has 0 spiro atoms. The number of nitrogens with one attached hydrogen (secondary N) is 1. The molecule has 4 rings (SSSR count). The van der Waals surface area contributed by atoms with E-state index in [9.17, 15) is 19.2 Å². The first-order valence-corrected chi connectivity index (χ1v) is 9.94. The van der Waals surface area contributed by atoms with E-state index in [2.05, 4.69) is 4.98 Å². The quantitative estimate of drug-likeness (QED) is 0.455. The largest absolute Gasteiger partial charge is 0.482 e. The first kappa shape index (κ1) is 20.4. The Morgan fingerprint density at radius 1 is 1.03 bits per heavy atom. The van der Waals surface area contributed by atoms with Crippen LogP contribution in [0.25, 0.3) is 10.9 Å². The first-order chi connectivity index (χ1) is 15.0. The summed E-state index contributed by atoms with van der Waals surface area (Å²) in [6.45, 7) is 0.301. The maximum Gasteiger partial charge on any atom is 0.328 e. The third-order valence-electron chi connectivity index (χ3n) is 5.03. The van der Waals surface area contributed by atoms with Crippen molar-refractivity contribution in [1.29, 1.82) is 0 Å². The van der Waals surface area contributed by atoms with E-state index in [0.29, 0.717) is 28.8 Å². The van der Waals surface area contributed by atoms with Gasteiger partial charge in [0, 0.05) is 13.1 Å². The van der Waals surface area contributed by atoms with Crippen molar-refractivity contribution in [3.8, 4) is 5.75 Å². The molecule has 0 bridgehead atoms. The molecule has 31 heavy (non-hydrogen) atoms. The zero-order chi connectivity index (χ0) is 21.8. The highest BCUT2D eigenvalue weighted by Crippen LogP contribution is 2.31. The molecule has 0 aliphatic carbocycles. The maximum atomic E-state index is 12.5. The summed E-state index contributed by atoms with van der Waals surface area (Å²) < 4.78 is 11.7. The van der Waals surface area contributed by atoms with E-state index >= 15 is 0 Å². The molecule has 1 amide bonds. The second-order valence-corrected chi connectivity index (χ2v) is 7.06. The zero-order valence-corrected chi connectivity index (χ0v) is 16.7. The number of esters is 1. The molecule has 9 heteroatoms. The minimum atomic E-state index is -0.500. The summed E-state index contributed by atoms with van der Waals surface area (Å²) in [7, 11) is 0. The minimum absolute atomic E-state index is 0.0244. The summed E-state index contributed by atoms with van der Waals surface area (Å²) in [5.74, 6) is -0.0838. The number of amides is 1. The van der Waals surface area contributed by atoms with Crippen LogP contribution in [0, 0.1) is 0 Å². The van der Waals surface area contributed by atoms with Crippen LogP contribution in [0.15, 0.2) is 58.1 Å². The van der Waals surface area contributed by atoms with E-state index in [4.69, 9.17) is 9.47 Å². The lowest BCUT2D eigenvalue weighted by molar-refractivity contribution is -0.143. The molecule has 0 radical (unpaired) electrons. The van der Waals surface area contributed by atoms with Crippen molar-refractivity contribution in [2.75, 3.05) is 24.7 Å². The van der Waals surface area contributed by atoms with Gasteiger partial charge in [-0.1, -0.05) is 24.3 Å². The number of hydrogen-bond donors (Lipinski definition) is 1. The predicted molar refractivity (Wildman–Crippen MR) is 113 cm³/mol. The molecule has 1 N–H and O–H groups in total. The second-order valence-electron chi connectivity index (χ2n) is 7.06. The summed E-state index contributed by atoms with van der Waals surface area (Å²) in [4.78, 5) is 53.0. The standard InChI is InChI=1S/C22H21N3O6/c26-19-14-31-18-9-4-3-8-17(18)24(19)12-10-20(27)30-13-5-11-25-21(28)15-6-1-2-7-16(15)23-22(25)29/h1-4,6-9H,5,10-14H2,(H,23,29). The fraction of sp³-hybridized carbons (Fsp3) is 0.273. The molecule has 2 aromatic carbocycles. The number of para-hydroxylation sites is 3. The van der Waals surface area contributed by atoms with Crippen LogP contribution >= 0.6 is 0 Å². The Bertz CT molecular complexity index is 1250. The number of aromatic nitrogens is 2. The Labute approximate surface area is 176 Å². The lowest BCUT2D eigenvalue weighted by Crippen LogP contribution is -2.40. The van der Waals surface area contributed by atoms with Crippen LogP contribution in [-0.4, -0.2) is 41.2 Å². The molecule has 0 saturated heterocycles. The van der Waals surface area contributed by atoms with Crippen LogP contribution in [0.5, 0.6) is 5.75 Å². The van der Waals surface area contributed by atoms with Crippen LogP contribution in [0.2, 0.25) is 0 Å². The van der Waals surface area contributed by atoms with Crippen molar-refractivity contribution >= 4 is 28.5 Å². The topological polar surface area (TPSA) is 111 Å². The summed E-state index contributed by atoms with van der Waals surface area (Å²) in [6, 6.07) is 13.9. The van der Waals surface area contributed by atoms with Gasteiger partial charge in [-0.3, -0.25) is 19.0 Å². The number of nitrogens with zero attached hydrogens (tertiary/aromatic N) is 2. The van der Waals surface area contributed by atoms with E-state index in [1.165, 1.54) is 4.90 Å². The Morgan fingerprint density at radius 3 is 2.68 bits per heavy atom. The summed E-state index contributed by atoms with van der Waals surface area (Å²) in [5, 5.41) is 0.426. The third kappa shape index (κ3) is 4.35. The van der Waals surface area contributed by atoms with Crippen LogP contribution in [-0.2, 0) is 20.9 Å². The molecule has 0 unspecified atom stereocenters. The number of fused-ring (bicyclic) bond motifs is 2. The molecular weight excluding hydrogens is 402 g/mol. The highest BCUT2D eigenvalue weighted by Gasteiger charge is 2.25. The van der Waals surface area contributed by atoms with E-state index in [-0.39, 0.29) is 44.2 Å². The van der Waals surface area contributed by atoms with Crippen LogP contribution in [0.1, 0.15) is 12.8 Å². The van der Waals surface area contributed by atoms with Crippen molar-refractivity contribution in [1.82, 2.24) is 9.55 Å². The van der Waals surface area contributed by atoms with E-state index in [0.717, 1.165) is 4.57 Å². The van der Waals surface area contributed by atoms with Gasteiger partial charge in [0.1, 0.15) is 5.75 Å². The molecule has 0 atom stereocenters. The highest BCUT2D eigenvalue weighted by atomic mass is 16.5. The van der Waals surface area contributed by atoms with Crippen LogP contribution in [0.4, 0.5) is 5.69 Å². The van der Waals surface area contributed by atoms with Gasteiger partial charge in [0.2, 0.25) is 0 Å². The number of aromatic amines is 1. The van der Waals surface area contributed by atoms with E-state index in [1.54, 1.807) is 42.5 Å². The molecule has 3 aromatic rings. The van der Waals surface area contributed by atoms with Crippen molar-refractivity contribution < 1.29 is 19.1 Å². The molecular formula is C22H21N3O6. The van der Waals surface area contributed by atoms with Gasteiger partial charge in [-0.25, -0.2) is 4.79 Å². The molecule has 9 nitrogen and oxygen atoms in total. The lowest BCUT2D eigenvalue weighted by Gasteiger charge is -2.28. The fourth-order valence-electron chi connectivity index (χ4n) is 3.49. The average Bonchev–Trinajstić information content (AvgIpc) is 2.77. The number of hydrogen-bond acceptors (Lipinski definition) is 6. The summed E-state index contributed by atoms with van der Waals surface area (Å²) in [6.07, 6.45) is 0.336. The molecule has 1 aliphatic heterocycles. The average molecular weight is 423 g/mol. The van der Waals surface area contributed by atoms with Gasteiger partial charge >= 0.3 is 11.7 Å². The summed E-state index contributed by atoms with van der Waals surface area (Å²) >= 11 is 0. The van der Waals surface area contributed by atoms with Crippen molar-refractivity contribution in [2.24, 2.45) is 0 Å². The number of ether oxygens (including phenoxy) is 2. The molecule has 0 fully saturated rings. The van der Waals surface area contributed by atoms with Gasteiger partial charge in [-0.05, 0) is 30.7 Å². The number of benzene rings is 2. The van der Waals surface area contributed by atoms with Crippen molar-refractivity contribution in [3.63, 3.8) is 0 Å². The number of H-pyrrole nitrogens is 1. The van der Waals surface area contributed by atoms with Gasteiger partial charge < -0.3 is 19.4 Å². The molecule has 1 aliphatic rings. The Kier molecular flexibility index (Phi) is 5.83. The zero-order valence-electron chi connectivity index (χ0n) is 16.7. The lowest BCUT2D eigenvalue weighted by atomic mass is 10.2. The Morgan fingerprint density at radius 2 is 1.81 bits per heavy atom. The molecule has 0 saturated carbocycles. The van der Waals surface area contributed by atoms with E-state index < -0.39 is 11.7 Å². The van der Waals surface area contributed by atoms with Crippen LogP contribution in [0.3, 0.4) is 0 Å².